The van der Waals surface area contributed by atoms with Crippen LogP contribution in [0.1, 0.15) is 40.0 Å². The van der Waals surface area contributed by atoms with Crippen LogP contribution in [0.5, 0.6) is 0 Å². The number of nitriles is 1. The summed E-state index contributed by atoms with van der Waals surface area (Å²) < 4.78 is 5.54. The van der Waals surface area contributed by atoms with Gasteiger partial charge in [0.05, 0.1) is 12.7 Å². The first-order valence-corrected chi connectivity index (χ1v) is 6.37. The van der Waals surface area contributed by atoms with E-state index in [1.165, 1.54) is 6.42 Å². The highest BCUT2D eigenvalue weighted by molar-refractivity contribution is 4.72. The molecule has 0 saturated carbocycles. The maximum absolute atomic E-state index is 8.58. The molecule has 0 radical (unpaired) electrons. The van der Waals surface area contributed by atoms with Crippen molar-refractivity contribution in [3.63, 3.8) is 0 Å². The van der Waals surface area contributed by atoms with Gasteiger partial charge in [0.2, 0.25) is 0 Å². The Morgan fingerprint density at radius 3 is 2.56 bits per heavy atom. The Morgan fingerprint density at radius 1 is 1.25 bits per heavy atom. The zero-order chi connectivity index (χ0) is 12.2. The van der Waals surface area contributed by atoms with Crippen molar-refractivity contribution in [2.45, 2.75) is 40.0 Å². The van der Waals surface area contributed by atoms with E-state index in [0.717, 1.165) is 39.3 Å². The quantitative estimate of drug-likeness (QED) is 0.537. The molecular formula is C13H26N2O. The molecule has 0 aromatic heterocycles. The molecule has 0 aliphatic rings. The number of unbranched alkanes of at least 4 members (excludes halogenated alkanes) is 1. The van der Waals surface area contributed by atoms with Crippen molar-refractivity contribution in [3.8, 4) is 6.07 Å². The fourth-order valence-electron chi connectivity index (χ4n) is 1.56. The van der Waals surface area contributed by atoms with Crippen molar-refractivity contribution in [2.75, 3.05) is 32.8 Å². The van der Waals surface area contributed by atoms with Gasteiger partial charge in [-0.15, -0.1) is 0 Å². The minimum absolute atomic E-state index is 0.613. The van der Waals surface area contributed by atoms with E-state index in [1.54, 1.807) is 0 Å². The number of hydrogen-bond donors (Lipinski definition) is 0. The molecule has 0 bridgehead atoms. The lowest BCUT2D eigenvalue weighted by atomic mass is 10.2. The second-order valence-electron chi connectivity index (χ2n) is 4.57. The number of ether oxygens (including phenoxy) is 1. The summed E-state index contributed by atoms with van der Waals surface area (Å²) >= 11 is 0. The predicted octanol–water partition coefficient (Wildman–Crippen LogP) is 2.67. The lowest BCUT2D eigenvalue weighted by molar-refractivity contribution is 0.0981. The Labute approximate surface area is 100 Å². The van der Waals surface area contributed by atoms with Crippen molar-refractivity contribution in [2.24, 2.45) is 5.92 Å². The fourth-order valence-corrected chi connectivity index (χ4v) is 1.56. The van der Waals surface area contributed by atoms with Crippen molar-refractivity contribution < 1.29 is 4.74 Å². The summed E-state index contributed by atoms with van der Waals surface area (Å²) in [6, 6.07) is 2.20. The largest absolute Gasteiger partial charge is 0.380 e. The van der Waals surface area contributed by atoms with Crippen LogP contribution in [0, 0.1) is 17.2 Å². The summed E-state index contributed by atoms with van der Waals surface area (Å²) in [7, 11) is 0. The summed E-state index contributed by atoms with van der Waals surface area (Å²) in [5.41, 5.74) is 0. The van der Waals surface area contributed by atoms with E-state index in [0.29, 0.717) is 12.3 Å². The van der Waals surface area contributed by atoms with E-state index in [2.05, 4.69) is 31.7 Å². The molecular weight excluding hydrogens is 200 g/mol. The standard InChI is InChI=1S/C13H26N2O/c1-4-5-10-16-11-9-15(8-6-7-14)12-13(2)3/h13H,4-6,8-12H2,1-3H3. The van der Waals surface area contributed by atoms with Gasteiger partial charge in [-0.1, -0.05) is 27.2 Å². The molecule has 0 spiro atoms. The van der Waals surface area contributed by atoms with Gasteiger partial charge in [0.1, 0.15) is 0 Å². The fraction of sp³-hybridized carbons (Fsp3) is 0.923. The van der Waals surface area contributed by atoms with Crippen molar-refractivity contribution >= 4 is 0 Å². The summed E-state index contributed by atoms with van der Waals surface area (Å²) in [5, 5.41) is 8.58. The molecule has 0 saturated heterocycles. The maximum atomic E-state index is 8.58. The van der Waals surface area contributed by atoms with Gasteiger partial charge in [-0.2, -0.15) is 5.26 Å². The van der Waals surface area contributed by atoms with Crippen LogP contribution >= 0.6 is 0 Å². The average Bonchev–Trinajstić information content (AvgIpc) is 2.24. The van der Waals surface area contributed by atoms with E-state index in [-0.39, 0.29) is 0 Å². The first kappa shape index (κ1) is 15.4. The van der Waals surface area contributed by atoms with Gasteiger partial charge in [0, 0.05) is 32.7 Å². The Bertz CT molecular complexity index is 187. The molecule has 0 atom stereocenters. The number of nitrogens with zero attached hydrogens (tertiary/aromatic N) is 2. The smallest absolute Gasteiger partial charge is 0.0635 e. The molecule has 0 N–H and O–H groups in total. The van der Waals surface area contributed by atoms with Gasteiger partial charge in [-0.25, -0.2) is 0 Å². The second-order valence-corrected chi connectivity index (χ2v) is 4.57. The van der Waals surface area contributed by atoms with Crippen LogP contribution in [-0.2, 0) is 4.74 Å². The summed E-state index contributed by atoms with van der Waals surface area (Å²) in [6.07, 6.45) is 2.94. The zero-order valence-corrected chi connectivity index (χ0v) is 11.0. The molecule has 0 aliphatic heterocycles. The molecule has 94 valence electrons. The van der Waals surface area contributed by atoms with Gasteiger partial charge in [-0.3, -0.25) is 4.90 Å². The third kappa shape index (κ3) is 9.95. The van der Waals surface area contributed by atoms with Crippen molar-refractivity contribution in [1.29, 1.82) is 5.26 Å². The van der Waals surface area contributed by atoms with Gasteiger partial charge >= 0.3 is 0 Å². The highest BCUT2D eigenvalue weighted by Crippen LogP contribution is 2.00. The Balaban J connectivity index is 3.61. The van der Waals surface area contributed by atoms with E-state index >= 15 is 0 Å². The lowest BCUT2D eigenvalue weighted by Crippen LogP contribution is -2.32. The van der Waals surface area contributed by atoms with Crippen LogP contribution in [0.4, 0.5) is 0 Å². The topological polar surface area (TPSA) is 36.3 Å². The van der Waals surface area contributed by atoms with Crippen LogP contribution in [-0.4, -0.2) is 37.7 Å². The summed E-state index contributed by atoms with van der Waals surface area (Å²) in [4.78, 5) is 2.32. The normalized spacial score (nSPS) is 11.0. The SMILES string of the molecule is CCCCOCCN(CCC#N)CC(C)C. The molecule has 0 aromatic carbocycles. The van der Waals surface area contributed by atoms with Gasteiger partial charge in [0.15, 0.2) is 0 Å². The van der Waals surface area contributed by atoms with E-state index in [4.69, 9.17) is 10.00 Å². The average molecular weight is 226 g/mol. The first-order valence-electron chi connectivity index (χ1n) is 6.37. The van der Waals surface area contributed by atoms with Crippen molar-refractivity contribution in [3.05, 3.63) is 0 Å². The monoisotopic (exact) mass is 226 g/mol. The van der Waals surface area contributed by atoms with Crippen molar-refractivity contribution in [1.82, 2.24) is 4.90 Å². The summed E-state index contributed by atoms with van der Waals surface area (Å²) in [6.45, 7) is 11.1. The van der Waals surface area contributed by atoms with Gasteiger partial charge in [-0.05, 0) is 12.3 Å². The molecule has 0 heterocycles. The van der Waals surface area contributed by atoms with E-state index in [1.807, 2.05) is 0 Å². The molecule has 3 heteroatoms. The van der Waals surface area contributed by atoms with Crippen LogP contribution in [0.15, 0.2) is 0 Å². The molecule has 0 aliphatic carbocycles. The lowest BCUT2D eigenvalue weighted by Gasteiger charge is -2.22. The predicted molar refractivity (Wildman–Crippen MR) is 67.2 cm³/mol. The van der Waals surface area contributed by atoms with Crippen LogP contribution in [0.25, 0.3) is 0 Å². The van der Waals surface area contributed by atoms with Crippen LogP contribution < -0.4 is 0 Å². The zero-order valence-electron chi connectivity index (χ0n) is 11.0. The second kappa shape index (κ2) is 10.9. The minimum atomic E-state index is 0.613. The maximum Gasteiger partial charge on any atom is 0.0635 e. The third-order valence-electron chi connectivity index (χ3n) is 2.36. The Morgan fingerprint density at radius 2 is 2.00 bits per heavy atom. The van der Waals surface area contributed by atoms with Crippen LogP contribution in [0.2, 0.25) is 0 Å². The van der Waals surface area contributed by atoms with Gasteiger partial charge in [0.25, 0.3) is 0 Å². The number of rotatable bonds is 10. The molecule has 0 rings (SSSR count). The molecule has 16 heavy (non-hydrogen) atoms. The highest BCUT2D eigenvalue weighted by atomic mass is 16.5. The Hall–Kier alpha value is -0.590. The molecule has 0 unspecified atom stereocenters. The van der Waals surface area contributed by atoms with Crippen LogP contribution in [0.3, 0.4) is 0 Å². The third-order valence-corrected chi connectivity index (χ3v) is 2.36. The molecule has 3 nitrogen and oxygen atoms in total. The molecule has 0 amide bonds. The van der Waals surface area contributed by atoms with Gasteiger partial charge < -0.3 is 4.74 Å². The minimum Gasteiger partial charge on any atom is -0.380 e. The molecule has 0 fully saturated rings. The number of hydrogen-bond acceptors (Lipinski definition) is 3. The van der Waals surface area contributed by atoms with E-state index in [9.17, 15) is 0 Å². The first-order chi connectivity index (χ1) is 7.70. The summed E-state index contributed by atoms with van der Waals surface area (Å²) in [5.74, 6) is 0.648. The highest BCUT2D eigenvalue weighted by Gasteiger charge is 2.06. The molecule has 0 aromatic rings. The Kier molecular flexibility index (Phi) is 10.5. The van der Waals surface area contributed by atoms with E-state index < -0.39 is 0 Å².